The van der Waals surface area contributed by atoms with Crippen molar-refractivity contribution in [3.05, 3.63) is 95.4 Å². The van der Waals surface area contributed by atoms with Crippen LogP contribution in [0.3, 0.4) is 0 Å². The van der Waals surface area contributed by atoms with Crippen molar-refractivity contribution in [1.29, 1.82) is 0 Å². The Kier molecular flexibility index (Phi) is 6.37. The standard InChI is InChI=1S/C25H25F2N3O2/c1-28(2)12-13-29(16-18-7-4-3-5-8-18)25(31)22-15-23-21(11-14-32-23)30(22)17-19-9-6-10-20(26)24(19)27/h3-11,14-15H,12-13,16-17H2,1-2H3. The van der Waals surface area contributed by atoms with Crippen LogP contribution in [0.4, 0.5) is 8.78 Å². The lowest BCUT2D eigenvalue weighted by atomic mass is 10.2. The van der Waals surface area contributed by atoms with E-state index in [1.165, 1.54) is 18.4 Å². The molecule has 0 bridgehead atoms. The third-order valence-electron chi connectivity index (χ3n) is 5.42. The van der Waals surface area contributed by atoms with E-state index in [-0.39, 0.29) is 18.0 Å². The van der Waals surface area contributed by atoms with Gasteiger partial charge in [-0.2, -0.15) is 0 Å². The minimum absolute atomic E-state index is 0.0144. The third kappa shape index (κ3) is 4.57. The van der Waals surface area contributed by atoms with Gasteiger partial charge in [-0.05, 0) is 25.7 Å². The summed E-state index contributed by atoms with van der Waals surface area (Å²) in [5, 5.41) is 0. The fourth-order valence-electron chi connectivity index (χ4n) is 3.70. The van der Waals surface area contributed by atoms with Gasteiger partial charge >= 0.3 is 0 Å². The smallest absolute Gasteiger partial charge is 0.270 e. The van der Waals surface area contributed by atoms with Crippen molar-refractivity contribution in [3.8, 4) is 0 Å². The molecular formula is C25H25F2N3O2. The molecule has 1 amide bonds. The zero-order valence-electron chi connectivity index (χ0n) is 18.1. The summed E-state index contributed by atoms with van der Waals surface area (Å²) < 4.78 is 35.4. The topological polar surface area (TPSA) is 41.6 Å². The molecule has 0 fully saturated rings. The van der Waals surface area contributed by atoms with E-state index in [0.29, 0.717) is 36.4 Å². The Bertz CT molecular complexity index is 1210. The molecule has 0 saturated heterocycles. The van der Waals surface area contributed by atoms with Gasteiger partial charge in [-0.25, -0.2) is 8.78 Å². The molecule has 2 heterocycles. The van der Waals surface area contributed by atoms with Crippen LogP contribution in [0.25, 0.3) is 11.1 Å². The number of fused-ring (bicyclic) bond motifs is 1. The number of nitrogens with zero attached hydrogens (tertiary/aromatic N) is 3. The summed E-state index contributed by atoms with van der Waals surface area (Å²) in [4.78, 5) is 17.4. The number of rotatable bonds is 8. The third-order valence-corrected chi connectivity index (χ3v) is 5.42. The van der Waals surface area contributed by atoms with Crippen molar-refractivity contribution in [1.82, 2.24) is 14.4 Å². The number of amides is 1. The van der Waals surface area contributed by atoms with Gasteiger partial charge in [0.2, 0.25) is 0 Å². The van der Waals surface area contributed by atoms with E-state index in [1.807, 2.05) is 49.3 Å². The normalized spacial score (nSPS) is 11.4. The van der Waals surface area contributed by atoms with Crippen LogP contribution in [0.2, 0.25) is 0 Å². The van der Waals surface area contributed by atoms with Crippen LogP contribution in [0.5, 0.6) is 0 Å². The van der Waals surface area contributed by atoms with E-state index in [0.717, 1.165) is 11.6 Å². The first kappa shape index (κ1) is 21.8. The van der Waals surface area contributed by atoms with Crippen LogP contribution in [0, 0.1) is 11.6 Å². The number of likely N-dealkylation sites (N-methyl/N-ethyl adjacent to an activating group) is 1. The molecule has 0 radical (unpaired) electrons. The van der Waals surface area contributed by atoms with Crippen LogP contribution < -0.4 is 0 Å². The fourth-order valence-corrected chi connectivity index (χ4v) is 3.70. The van der Waals surface area contributed by atoms with Crippen molar-refractivity contribution in [2.24, 2.45) is 0 Å². The summed E-state index contributed by atoms with van der Waals surface area (Å²) in [6, 6.07) is 17.2. The number of hydrogen-bond donors (Lipinski definition) is 0. The number of aromatic nitrogens is 1. The zero-order chi connectivity index (χ0) is 22.7. The molecule has 7 heteroatoms. The maximum absolute atomic E-state index is 14.4. The predicted octanol–water partition coefficient (Wildman–Crippen LogP) is 4.76. The highest BCUT2D eigenvalue weighted by atomic mass is 19.2. The average molecular weight is 437 g/mol. The Hall–Kier alpha value is -3.45. The van der Waals surface area contributed by atoms with E-state index < -0.39 is 11.6 Å². The molecule has 0 unspecified atom stereocenters. The number of carbonyl (C=O) groups is 1. The SMILES string of the molecule is CN(C)CCN(Cc1ccccc1)C(=O)c1cc2occc2n1Cc1cccc(F)c1F. The maximum Gasteiger partial charge on any atom is 0.270 e. The number of hydrogen-bond acceptors (Lipinski definition) is 3. The largest absolute Gasteiger partial charge is 0.463 e. The highest BCUT2D eigenvalue weighted by molar-refractivity contribution is 5.97. The Morgan fingerprint density at radius 3 is 2.53 bits per heavy atom. The van der Waals surface area contributed by atoms with Gasteiger partial charge in [0.25, 0.3) is 5.91 Å². The number of furan rings is 1. The average Bonchev–Trinajstić information content (AvgIpc) is 3.37. The second kappa shape index (κ2) is 9.36. The first-order chi connectivity index (χ1) is 15.4. The minimum atomic E-state index is -0.914. The van der Waals surface area contributed by atoms with Crippen molar-refractivity contribution < 1.29 is 18.0 Å². The van der Waals surface area contributed by atoms with Gasteiger partial charge in [0.05, 0.1) is 18.3 Å². The summed E-state index contributed by atoms with van der Waals surface area (Å²) in [6.45, 7) is 1.66. The van der Waals surface area contributed by atoms with Gasteiger partial charge in [0.1, 0.15) is 5.69 Å². The van der Waals surface area contributed by atoms with Gasteiger partial charge in [0, 0.05) is 37.3 Å². The molecule has 5 nitrogen and oxygen atoms in total. The highest BCUT2D eigenvalue weighted by Crippen LogP contribution is 2.25. The van der Waals surface area contributed by atoms with Gasteiger partial charge < -0.3 is 18.8 Å². The van der Waals surface area contributed by atoms with Crippen molar-refractivity contribution in [3.63, 3.8) is 0 Å². The summed E-state index contributed by atoms with van der Waals surface area (Å²) in [5.74, 6) is -2.02. The number of carbonyl (C=O) groups excluding carboxylic acids is 1. The van der Waals surface area contributed by atoms with Gasteiger partial charge in [-0.15, -0.1) is 0 Å². The van der Waals surface area contributed by atoms with Crippen LogP contribution >= 0.6 is 0 Å². The summed E-state index contributed by atoms with van der Waals surface area (Å²) >= 11 is 0. The number of benzene rings is 2. The summed E-state index contributed by atoms with van der Waals surface area (Å²) in [6.07, 6.45) is 1.52. The zero-order valence-corrected chi connectivity index (χ0v) is 18.1. The summed E-state index contributed by atoms with van der Waals surface area (Å²) in [7, 11) is 3.90. The molecule has 4 aromatic rings. The molecule has 0 saturated carbocycles. The molecule has 2 aromatic carbocycles. The van der Waals surface area contributed by atoms with Gasteiger partial charge in [-0.1, -0.05) is 42.5 Å². The van der Waals surface area contributed by atoms with E-state index in [2.05, 4.69) is 0 Å². The molecule has 0 aliphatic heterocycles. The van der Waals surface area contributed by atoms with E-state index in [4.69, 9.17) is 4.42 Å². The van der Waals surface area contributed by atoms with Crippen molar-refractivity contribution in [2.45, 2.75) is 13.1 Å². The molecule has 0 atom stereocenters. The Labute approximate surface area is 185 Å². The lowest BCUT2D eigenvalue weighted by molar-refractivity contribution is 0.0722. The molecule has 0 N–H and O–H groups in total. The van der Waals surface area contributed by atoms with Crippen molar-refractivity contribution >= 4 is 17.0 Å². The van der Waals surface area contributed by atoms with Crippen LogP contribution in [-0.2, 0) is 13.1 Å². The van der Waals surface area contributed by atoms with Crippen LogP contribution in [-0.4, -0.2) is 47.5 Å². The first-order valence-corrected chi connectivity index (χ1v) is 10.4. The number of halogens is 2. The molecule has 0 aliphatic rings. The molecule has 0 spiro atoms. The molecule has 2 aromatic heterocycles. The monoisotopic (exact) mass is 437 g/mol. The van der Waals surface area contributed by atoms with Crippen LogP contribution in [0.15, 0.2) is 71.3 Å². The van der Waals surface area contributed by atoms with E-state index >= 15 is 0 Å². The molecule has 32 heavy (non-hydrogen) atoms. The van der Waals surface area contributed by atoms with E-state index in [1.54, 1.807) is 21.6 Å². The van der Waals surface area contributed by atoms with Gasteiger partial charge in [0.15, 0.2) is 17.2 Å². The van der Waals surface area contributed by atoms with Gasteiger partial charge in [-0.3, -0.25) is 4.79 Å². The molecule has 166 valence electrons. The first-order valence-electron chi connectivity index (χ1n) is 10.4. The van der Waals surface area contributed by atoms with Crippen molar-refractivity contribution in [2.75, 3.05) is 27.2 Å². The lowest BCUT2D eigenvalue weighted by Crippen LogP contribution is -2.37. The van der Waals surface area contributed by atoms with E-state index in [9.17, 15) is 13.6 Å². The van der Waals surface area contributed by atoms with Crippen LogP contribution in [0.1, 0.15) is 21.6 Å². The Morgan fingerprint density at radius 1 is 1.00 bits per heavy atom. The maximum atomic E-state index is 14.4. The second-order valence-corrected chi connectivity index (χ2v) is 8.01. The lowest BCUT2D eigenvalue weighted by Gasteiger charge is -2.25. The Balaban J connectivity index is 1.71. The highest BCUT2D eigenvalue weighted by Gasteiger charge is 2.24. The summed E-state index contributed by atoms with van der Waals surface area (Å²) in [5.41, 5.74) is 2.73. The quantitative estimate of drug-likeness (QED) is 0.399. The molecule has 0 aliphatic carbocycles. The predicted molar refractivity (Wildman–Crippen MR) is 119 cm³/mol. The second-order valence-electron chi connectivity index (χ2n) is 8.01. The molecular weight excluding hydrogens is 412 g/mol. The molecule has 4 rings (SSSR count). The Morgan fingerprint density at radius 2 is 1.78 bits per heavy atom. The minimum Gasteiger partial charge on any atom is -0.463 e. The fraction of sp³-hybridized carbons (Fsp3) is 0.240.